The quantitative estimate of drug-likeness (QED) is 0.330. The van der Waals surface area contributed by atoms with Gasteiger partial charge in [-0.05, 0) is 81.9 Å². The van der Waals surface area contributed by atoms with Crippen LogP contribution in [0.25, 0.3) is 0 Å². The van der Waals surface area contributed by atoms with E-state index >= 15 is 0 Å². The number of nitrogens with one attached hydrogen (secondary N) is 2. The zero-order valence-electron chi connectivity index (χ0n) is 24.2. The van der Waals surface area contributed by atoms with Crippen LogP contribution in [-0.4, -0.2) is 83.2 Å². The van der Waals surface area contributed by atoms with Gasteiger partial charge in [-0.2, -0.15) is 0 Å². The van der Waals surface area contributed by atoms with E-state index in [4.69, 9.17) is 10.6 Å². The van der Waals surface area contributed by atoms with Gasteiger partial charge in [-0.15, -0.1) is 0 Å². The maximum atomic E-state index is 13.6. The number of hydrogen-bond acceptors (Lipinski definition) is 7. The second-order valence-electron chi connectivity index (χ2n) is 12.0. The summed E-state index contributed by atoms with van der Waals surface area (Å²) in [6.45, 7) is 4.68. The van der Waals surface area contributed by atoms with Crippen LogP contribution in [0.2, 0.25) is 0 Å². The maximum absolute atomic E-state index is 13.6. The molecule has 0 aromatic heterocycles. The number of likely N-dealkylation sites (N-methyl/N-ethyl adjacent to an activating group) is 1. The minimum atomic E-state index is -0.907. The molecule has 0 bridgehead atoms. The van der Waals surface area contributed by atoms with Crippen molar-refractivity contribution in [3.63, 3.8) is 0 Å². The Labute approximate surface area is 237 Å². The van der Waals surface area contributed by atoms with Gasteiger partial charge in [0.15, 0.2) is 0 Å². The molecular weight excluding hydrogens is 510 g/mol. The number of hydrazine groups is 1. The van der Waals surface area contributed by atoms with Gasteiger partial charge in [0.1, 0.15) is 17.8 Å². The van der Waals surface area contributed by atoms with Crippen LogP contribution < -0.4 is 16.5 Å². The highest BCUT2D eigenvalue weighted by molar-refractivity contribution is 5.93. The van der Waals surface area contributed by atoms with Gasteiger partial charge < -0.3 is 25.4 Å². The van der Waals surface area contributed by atoms with E-state index in [0.29, 0.717) is 19.0 Å². The fourth-order valence-corrected chi connectivity index (χ4v) is 5.99. The maximum Gasteiger partial charge on any atom is 0.259 e. The predicted octanol–water partition coefficient (Wildman–Crippen LogP) is 2.09. The van der Waals surface area contributed by atoms with E-state index in [1.54, 1.807) is 38.2 Å². The summed E-state index contributed by atoms with van der Waals surface area (Å²) in [6.07, 6.45) is 8.37. The Hall–Kier alpha value is -2.69. The van der Waals surface area contributed by atoms with Gasteiger partial charge >= 0.3 is 0 Å². The summed E-state index contributed by atoms with van der Waals surface area (Å²) in [7, 11) is 1.64. The van der Waals surface area contributed by atoms with E-state index in [1.165, 1.54) is 16.3 Å². The first kappa shape index (κ1) is 30.3. The number of ether oxygens (including phenoxy) is 1. The molecular formula is C30H47N5O5. The minimum Gasteiger partial charge on any atom is -0.508 e. The van der Waals surface area contributed by atoms with Gasteiger partial charge in [0.2, 0.25) is 11.8 Å². The molecule has 2 saturated carbocycles. The van der Waals surface area contributed by atoms with E-state index in [-0.39, 0.29) is 48.2 Å². The molecule has 5 N–H and O–H groups in total. The van der Waals surface area contributed by atoms with E-state index in [1.807, 2.05) is 0 Å². The van der Waals surface area contributed by atoms with E-state index in [2.05, 4.69) is 17.6 Å². The van der Waals surface area contributed by atoms with Crippen molar-refractivity contribution in [1.82, 2.24) is 20.5 Å². The molecule has 0 radical (unpaired) electrons. The molecule has 6 atom stereocenters. The zero-order chi connectivity index (χ0) is 28.8. The number of phenols is 1. The fraction of sp³-hybridized carbons (Fsp3) is 0.700. The number of hydrogen-bond donors (Lipinski definition) is 4. The SMILES string of the molecule is C[C@@H]1CN[C@@H](C2CC2)C(=O)N(C)[C@H](C)C(=O)N[C@H](Cc2ccc(O)cc2)C(=O)N(N)CCCC2CCCCC2O1. The summed E-state index contributed by atoms with van der Waals surface area (Å²) in [5.74, 6) is 6.11. The van der Waals surface area contributed by atoms with Crippen molar-refractivity contribution in [2.45, 2.75) is 102 Å². The lowest BCUT2D eigenvalue weighted by atomic mass is 9.83. The van der Waals surface area contributed by atoms with Gasteiger partial charge in [0.25, 0.3) is 5.91 Å². The standard InChI is InChI=1S/C30H47N5O5/c1-19-18-32-27(23-12-13-23)30(39)34(3)20(2)28(37)33-25(17-21-10-14-24(36)15-11-21)29(38)35(31)16-6-8-22-7-4-5-9-26(22)40-19/h10-11,14-15,19-20,22-23,25-27,32,36H,4-9,12-13,16-18,31H2,1-3H3,(H,33,37)/t19-,20-,22?,25-,26?,27+/m1/s1. The molecule has 2 unspecified atom stereocenters. The molecule has 1 aliphatic heterocycles. The largest absolute Gasteiger partial charge is 0.508 e. The highest BCUT2D eigenvalue weighted by Gasteiger charge is 2.40. The summed E-state index contributed by atoms with van der Waals surface area (Å²) >= 11 is 0. The molecule has 1 aromatic rings. The molecule has 1 saturated heterocycles. The number of aromatic hydroxyl groups is 1. The number of fused-ring (bicyclic) bond motifs is 1. The van der Waals surface area contributed by atoms with Crippen molar-refractivity contribution in [1.29, 1.82) is 0 Å². The van der Waals surface area contributed by atoms with Gasteiger partial charge in [-0.3, -0.25) is 19.4 Å². The van der Waals surface area contributed by atoms with E-state index < -0.39 is 18.0 Å². The van der Waals surface area contributed by atoms with Crippen LogP contribution in [0.4, 0.5) is 0 Å². The molecule has 4 rings (SSSR count). The molecule has 222 valence electrons. The number of phenolic OH excluding ortho intramolecular Hbond substituents is 1. The number of nitrogens with zero attached hydrogens (tertiary/aromatic N) is 2. The topological polar surface area (TPSA) is 137 Å². The van der Waals surface area contributed by atoms with Crippen LogP contribution in [0.5, 0.6) is 5.75 Å². The number of amides is 3. The zero-order valence-corrected chi connectivity index (χ0v) is 24.2. The van der Waals surface area contributed by atoms with Crippen LogP contribution in [0, 0.1) is 11.8 Å². The van der Waals surface area contributed by atoms with Crippen molar-refractivity contribution in [3.05, 3.63) is 29.8 Å². The average Bonchev–Trinajstić information content (AvgIpc) is 3.78. The molecule has 10 heteroatoms. The second-order valence-corrected chi connectivity index (χ2v) is 12.0. The third kappa shape index (κ3) is 7.95. The van der Waals surface area contributed by atoms with Crippen molar-refractivity contribution < 1.29 is 24.2 Å². The smallest absolute Gasteiger partial charge is 0.259 e. The number of rotatable bonds is 3. The van der Waals surface area contributed by atoms with Gasteiger partial charge in [0, 0.05) is 26.6 Å². The average molecular weight is 558 g/mol. The van der Waals surface area contributed by atoms with Gasteiger partial charge in [-0.1, -0.05) is 25.0 Å². The molecule has 3 amide bonds. The second kappa shape index (κ2) is 13.8. The van der Waals surface area contributed by atoms with Crippen LogP contribution in [0.3, 0.4) is 0 Å². The van der Waals surface area contributed by atoms with E-state index in [9.17, 15) is 19.5 Å². The summed E-state index contributed by atoms with van der Waals surface area (Å²) < 4.78 is 6.51. The lowest BCUT2D eigenvalue weighted by Crippen LogP contribution is -2.58. The Kier molecular flexibility index (Phi) is 10.4. The third-order valence-corrected chi connectivity index (χ3v) is 8.79. The Morgan fingerprint density at radius 1 is 0.950 bits per heavy atom. The first-order valence-corrected chi connectivity index (χ1v) is 14.9. The minimum absolute atomic E-state index is 0.0437. The summed E-state index contributed by atoms with van der Waals surface area (Å²) in [4.78, 5) is 41.9. The van der Waals surface area contributed by atoms with Crippen molar-refractivity contribution >= 4 is 17.7 Å². The Bertz CT molecular complexity index is 1020. The lowest BCUT2D eigenvalue weighted by Gasteiger charge is -2.35. The van der Waals surface area contributed by atoms with Crippen LogP contribution in [-0.2, 0) is 25.5 Å². The number of carbonyl (C=O) groups excluding carboxylic acids is 3. The molecule has 2 aliphatic carbocycles. The molecule has 0 spiro atoms. The Morgan fingerprint density at radius 2 is 1.62 bits per heavy atom. The molecule has 3 aliphatic rings. The Balaban J connectivity index is 1.55. The van der Waals surface area contributed by atoms with Crippen molar-refractivity contribution in [2.24, 2.45) is 17.7 Å². The summed E-state index contributed by atoms with van der Waals surface area (Å²) in [6, 6.07) is 4.47. The van der Waals surface area contributed by atoms with Gasteiger partial charge in [-0.25, -0.2) is 5.84 Å². The number of benzene rings is 1. The van der Waals surface area contributed by atoms with Crippen molar-refractivity contribution in [2.75, 3.05) is 20.1 Å². The fourth-order valence-electron chi connectivity index (χ4n) is 5.99. The summed E-state index contributed by atoms with van der Waals surface area (Å²) in [5.41, 5.74) is 0.776. The van der Waals surface area contributed by atoms with Crippen LogP contribution in [0.1, 0.15) is 70.8 Å². The van der Waals surface area contributed by atoms with Gasteiger partial charge in [0.05, 0.1) is 18.2 Å². The summed E-state index contributed by atoms with van der Waals surface area (Å²) in [5, 5.41) is 17.2. The predicted molar refractivity (Wildman–Crippen MR) is 152 cm³/mol. The molecule has 3 fully saturated rings. The lowest BCUT2D eigenvalue weighted by molar-refractivity contribution is -0.142. The monoisotopic (exact) mass is 557 g/mol. The van der Waals surface area contributed by atoms with E-state index in [0.717, 1.165) is 50.5 Å². The number of carbonyl (C=O) groups is 3. The molecule has 10 nitrogen and oxygen atoms in total. The highest BCUT2D eigenvalue weighted by atomic mass is 16.5. The number of nitrogens with two attached hydrogens (primary N) is 1. The normalized spacial score (nSPS) is 32.1. The first-order valence-electron chi connectivity index (χ1n) is 14.9. The van der Waals surface area contributed by atoms with Crippen LogP contribution >= 0.6 is 0 Å². The molecule has 1 heterocycles. The third-order valence-electron chi connectivity index (χ3n) is 8.79. The van der Waals surface area contributed by atoms with Crippen LogP contribution in [0.15, 0.2) is 24.3 Å². The van der Waals surface area contributed by atoms with Crippen molar-refractivity contribution in [3.8, 4) is 5.75 Å². The first-order chi connectivity index (χ1) is 19.1. The highest BCUT2D eigenvalue weighted by Crippen LogP contribution is 2.34. The molecule has 40 heavy (non-hydrogen) atoms. The Morgan fingerprint density at radius 3 is 2.33 bits per heavy atom. The molecule has 1 aromatic carbocycles.